The van der Waals surface area contributed by atoms with Crippen molar-refractivity contribution in [3.05, 3.63) is 66.0 Å². The van der Waals surface area contributed by atoms with Crippen molar-refractivity contribution in [3.63, 3.8) is 0 Å². The fourth-order valence-corrected chi connectivity index (χ4v) is 3.27. The van der Waals surface area contributed by atoms with E-state index in [9.17, 15) is 9.18 Å². The summed E-state index contributed by atoms with van der Waals surface area (Å²) in [6.07, 6.45) is 0.926. The molecule has 2 atom stereocenters. The number of halogens is 1. The molecule has 2 aromatic carbocycles. The summed E-state index contributed by atoms with van der Waals surface area (Å²) < 4.78 is 13.8. The molecule has 0 unspecified atom stereocenters. The third-order valence-corrected chi connectivity index (χ3v) is 4.51. The smallest absolute Gasteiger partial charge is 0.229 e. The number of piperidine rings is 1. The van der Waals surface area contributed by atoms with Gasteiger partial charge in [-0.05, 0) is 43.6 Å². The minimum Gasteiger partial charge on any atom is -0.323 e. The second-order valence-electron chi connectivity index (χ2n) is 6.14. The molecule has 120 valence electrons. The van der Waals surface area contributed by atoms with Crippen molar-refractivity contribution < 1.29 is 9.18 Å². The van der Waals surface area contributed by atoms with Gasteiger partial charge in [-0.3, -0.25) is 4.79 Å². The molecular formula is C19H21FN2O. The number of para-hydroxylation sites is 1. The molecule has 0 spiro atoms. The summed E-state index contributed by atoms with van der Waals surface area (Å²) in [7, 11) is 2.02. The summed E-state index contributed by atoms with van der Waals surface area (Å²) in [5.74, 6) is -0.535. The lowest BCUT2D eigenvalue weighted by Crippen LogP contribution is -2.43. The number of hydrogen-bond donors (Lipinski definition) is 1. The maximum absolute atomic E-state index is 13.8. The summed E-state index contributed by atoms with van der Waals surface area (Å²) in [6, 6.07) is 16.4. The van der Waals surface area contributed by atoms with Crippen LogP contribution in [0.5, 0.6) is 0 Å². The Labute approximate surface area is 136 Å². The van der Waals surface area contributed by atoms with Gasteiger partial charge in [0.05, 0.1) is 11.6 Å². The number of hydrogen-bond acceptors (Lipinski definition) is 2. The molecule has 0 saturated carbocycles. The third kappa shape index (κ3) is 3.59. The van der Waals surface area contributed by atoms with E-state index in [1.165, 1.54) is 11.6 Å². The lowest BCUT2D eigenvalue weighted by molar-refractivity contribution is -0.122. The number of carbonyl (C=O) groups is 1. The van der Waals surface area contributed by atoms with Crippen LogP contribution in [-0.4, -0.2) is 30.9 Å². The van der Waals surface area contributed by atoms with E-state index in [4.69, 9.17) is 0 Å². The third-order valence-electron chi connectivity index (χ3n) is 4.51. The van der Waals surface area contributed by atoms with Crippen LogP contribution in [-0.2, 0) is 4.79 Å². The van der Waals surface area contributed by atoms with Crippen molar-refractivity contribution >= 4 is 11.6 Å². The lowest BCUT2D eigenvalue weighted by Gasteiger charge is -2.36. The van der Waals surface area contributed by atoms with Gasteiger partial charge >= 0.3 is 0 Å². The number of likely N-dealkylation sites (tertiary alicyclic amines) is 1. The van der Waals surface area contributed by atoms with E-state index in [1.54, 1.807) is 18.2 Å². The zero-order valence-corrected chi connectivity index (χ0v) is 13.2. The summed E-state index contributed by atoms with van der Waals surface area (Å²) in [4.78, 5) is 14.9. The number of rotatable bonds is 3. The van der Waals surface area contributed by atoms with Crippen LogP contribution in [0.2, 0.25) is 0 Å². The maximum Gasteiger partial charge on any atom is 0.229 e. The van der Waals surface area contributed by atoms with E-state index >= 15 is 0 Å². The highest BCUT2D eigenvalue weighted by Gasteiger charge is 2.34. The molecule has 1 N–H and O–H groups in total. The largest absolute Gasteiger partial charge is 0.323 e. The van der Waals surface area contributed by atoms with E-state index in [1.807, 2.05) is 25.2 Å². The van der Waals surface area contributed by atoms with E-state index in [0.29, 0.717) is 6.54 Å². The van der Waals surface area contributed by atoms with Crippen LogP contribution < -0.4 is 5.32 Å². The normalized spacial score (nSPS) is 21.8. The summed E-state index contributed by atoms with van der Waals surface area (Å²) in [5.41, 5.74) is 1.42. The quantitative estimate of drug-likeness (QED) is 0.941. The first-order valence-corrected chi connectivity index (χ1v) is 7.94. The summed E-state index contributed by atoms with van der Waals surface area (Å²) in [6.45, 7) is 1.64. The van der Waals surface area contributed by atoms with Crippen LogP contribution in [0, 0.1) is 11.7 Å². The molecule has 0 radical (unpaired) electrons. The van der Waals surface area contributed by atoms with Gasteiger partial charge in [0.1, 0.15) is 5.82 Å². The van der Waals surface area contributed by atoms with Gasteiger partial charge in [0.25, 0.3) is 0 Å². The van der Waals surface area contributed by atoms with Crippen LogP contribution in [0.15, 0.2) is 54.6 Å². The maximum atomic E-state index is 13.8. The van der Waals surface area contributed by atoms with Crippen molar-refractivity contribution in [2.45, 2.75) is 12.3 Å². The Morgan fingerprint density at radius 3 is 2.57 bits per heavy atom. The molecule has 1 fully saturated rings. The molecule has 4 heteroatoms. The van der Waals surface area contributed by atoms with E-state index in [2.05, 4.69) is 22.3 Å². The minimum atomic E-state index is -0.402. The van der Waals surface area contributed by atoms with Crippen molar-refractivity contribution in [1.29, 1.82) is 0 Å². The van der Waals surface area contributed by atoms with Crippen molar-refractivity contribution in [2.75, 3.05) is 25.5 Å². The molecule has 23 heavy (non-hydrogen) atoms. The van der Waals surface area contributed by atoms with Gasteiger partial charge in [0.15, 0.2) is 0 Å². The fraction of sp³-hybridized carbons (Fsp3) is 0.316. The first-order valence-electron chi connectivity index (χ1n) is 7.94. The zero-order chi connectivity index (χ0) is 16.2. The van der Waals surface area contributed by atoms with E-state index < -0.39 is 5.82 Å². The molecule has 1 amide bonds. The Morgan fingerprint density at radius 2 is 1.83 bits per heavy atom. The van der Waals surface area contributed by atoms with Crippen molar-refractivity contribution in [3.8, 4) is 0 Å². The molecule has 0 aliphatic carbocycles. The average molecular weight is 312 g/mol. The molecule has 0 bridgehead atoms. The number of anilines is 1. The molecule has 2 aromatic rings. The van der Waals surface area contributed by atoms with Gasteiger partial charge < -0.3 is 10.2 Å². The second-order valence-corrected chi connectivity index (χ2v) is 6.14. The first kappa shape index (κ1) is 15.7. The highest BCUT2D eigenvalue weighted by Crippen LogP contribution is 2.33. The minimum absolute atomic E-state index is 0.115. The van der Waals surface area contributed by atoms with Crippen LogP contribution in [0.4, 0.5) is 10.1 Å². The predicted octanol–water partition coefficient (Wildman–Crippen LogP) is 3.50. The van der Waals surface area contributed by atoms with Crippen molar-refractivity contribution in [2.24, 2.45) is 5.92 Å². The van der Waals surface area contributed by atoms with Crippen molar-refractivity contribution in [1.82, 2.24) is 4.90 Å². The van der Waals surface area contributed by atoms with Gasteiger partial charge in [0.2, 0.25) is 5.91 Å². The molecule has 1 aliphatic rings. The Balaban J connectivity index is 1.82. The van der Waals surface area contributed by atoms with Crippen LogP contribution in [0.3, 0.4) is 0 Å². The molecule has 3 rings (SSSR count). The predicted molar refractivity (Wildman–Crippen MR) is 89.8 cm³/mol. The fourth-order valence-electron chi connectivity index (χ4n) is 3.27. The van der Waals surface area contributed by atoms with Crippen LogP contribution in [0.25, 0.3) is 0 Å². The Morgan fingerprint density at radius 1 is 1.13 bits per heavy atom. The Kier molecular flexibility index (Phi) is 4.72. The monoisotopic (exact) mass is 312 g/mol. The Bertz CT molecular complexity index is 674. The number of amides is 1. The number of benzene rings is 2. The van der Waals surface area contributed by atoms with E-state index in [-0.39, 0.29) is 23.4 Å². The number of nitrogens with zero attached hydrogens (tertiary/aromatic N) is 1. The first-order chi connectivity index (χ1) is 11.1. The summed E-state index contributed by atoms with van der Waals surface area (Å²) >= 11 is 0. The van der Waals surface area contributed by atoms with Crippen LogP contribution in [0.1, 0.15) is 17.9 Å². The number of carbonyl (C=O) groups excluding carboxylic acids is 1. The molecule has 3 nitrogen and oxygen atoms in total. The van der Waals surface area contributed by atoms with Gasteiger partial charge in [-0.15, -0.1) is 0 Å². The summed E-state index contributed by atoms with van der Waals surface area (Å²) in [5, 5.41) is 2.76. The van der Waals surface area contributed by atoms with Gasteiger partial charge in [-0.25, -0.2) is 4.39 Å². The van der Waals surface area contributed by atoms with E-state index in [0.717, 1.165) is 13.0 Å². The standard InChI is InChI=1S/C19H21FN2O/c1-22-12-11-15(14-7-3-2-4-8-14)16(13-22)19(23)21-18-10-6-5-9-17(18)20/h2-10,15-16H,11-13H2,1H3,(H,21,23)/t15-,16+/m1/s1. The molecule has 1 heterocycles. The average Bonchev–Trinajstić information content (AvgIpc) is 2.57. The lowest BCUT2D eigenvalue weighted by atomic mass is 9.80. The second kappa shape index (κ2) is 6.92. The molecule has 0 aromatic heterocycles. The van der Waals surface area contributed by atoms with Crippen LogP contribution >= 0.6 is 0 Å². The highest BCUT2D eigenvalue weighted by atomic mass is 19.1. The zero-order valence-electron chi connectivity index (χ0n) is 13.2. The number of nitrogens with one attached hydrogen (secondary N) is 1. The Hall–Kier alpha value is -2.20. The van der Waals surface area contributed by atoms with Gasteiger partial charge in [0, 0.05) is 6.54 Å². The SMILES string of the molecule is CN1CC[C@H](c2ccccc2)[C@@H](C(=O)Nc2ccccc2F)C1. The topological polar surface area (TPSA) is 32.3 Å². The molecule has 1 aliphatic heterocycles. The van der Waals surface area contributed by atoms with Gasteiger partial charge in [-0.1, -0.05) is 42.5 Å². The highest BCUT2D eigenvalue weighted by molar-refractivity contribution is 5.93. The van der Waals surface area contributed by atoms with Gasteiger partial charge in [-0.2, -0.15) is 0 Å². The molecular weight excluding hydrogens is 291 g/mol. The molecule has 1 saturated heterocycles.